The lowest BCUT2D eigenvalue weighted by atomic mass is 9.74. The number of aryl methyl sites for hydroxylation is 2. The minimum atomic E-state index is -0.788. The monoisotopic (exact) mass is 289 g/mol. The third-order valence-corrected chi connectivity index (χ3v) is 4.56. The molecule has 1 amide bonds. The summed E-state index contributed by atoms with van der Waals surface area (Å²) in [7, 11) is 0. The minimum absolute atomic E-state index is 0.170. The number of hydrogen-bond acceptors (Lipinski definition) is 2. The second kappa shape index (κ2) is 6.29. The molecular formula is C17H23NO3. The molecule has 1 saturated carbocycles. The molecule has 21 heavy (non-hydrogen) atoms. The smallest absolute Gasteiger partial charge is 0.311 e. The van der Waals surface area contributed by atoms with Crippen LogP contribution in [-0.4, -0.2) is 23.5 Å². The van der Waals surface area contributed by atoms with Gasteiger partial charge >= 0.3 is 5.97 Å². The highest BCUT2D eigenvalue weighted by atomic mass is 16.4. The molecular weight excluding hydrogens is 266 g/mol. The Morgan fingerprint density at radius 1 is 1.14 bits per heavy atom. The summed E-state index contributed by atoms with van der Waals surface area (Å²) in [5.74, 6) is -0.958. The van der Waals surface area contributed by atoms with Crippen LogP contribution in [0.1, 0.15) is 53.6 Å². The van der Waals surface area contributed by atoms with E-state index >= 15 is 0 Å². The van der Waals surface area contributed by atoms with Gasteiger partial charge in [0.1, 0.15) is 0 Å². The van der Waals surface area contributed by atoms with Crippen molar-refractivity contribution in [3.63, 3.8) is 0 Å². The van der Waals surface area contributed by atoms with E-state index in [0.717, 1.165) is 30.4 Å². The van der Waals surface area contributed by atoms with Gasteiger partial charge in [-0.25, -0.2) is 0 Å². The van der Waals surface area contributed by atoms with Crippen LogP contribution in [0.5, 0.6) is 0 Å². The summed E-state index contributed by atoms with van der Waals surface area (Å²) in [5.41, 5.74) is 1.71. The summed E-state index contributed by atoms with van der Waals surface area (Å²) >= 11 is 0. The Morgan fingerprint density at radius 3 is 2.24 bits per heavy atom. The third-order valence-electron chi connectivity index (χ3n) is 4.56. The van der Waals surface area contributed by atoms with Gasteiger partial charge in [0, 0.05) is 12.1 Å². The molecule has 0 bridgehead atoms. The predicted octanol–water partition coefficient (Wildman–Crippen LogP) is 3.07. The fourth-order valence-corrected chi connectivity index (χ4v) is 3.21. The average Bonchev–Trinajstić information content (AvgIpc) is 2.46. The quantitative estimate of drug-likeness (QED) is 0.895. The maximum atomic E-state index is 12.4. The van der Waals surface area contributed by atoms with Crippen LogP contribution < -0.4 is 5.32 Å². The van der Waals surface area contributed by atoms with Gasteiger partial charge in [0.2, 0.25) is 0 Å². The van der Waals surface area contributed by atoms with Crippen LogP contribution in [0.4, 0.5) is 0 Å². The number of carbonyl (C=O) groups excluding carboxylic acids is 1. The SMILES string of the molecule is Cc1cccc(C)c1C(=O)NCC1(C(=O)O)CCCCC1. The summed E-state index contributed by atoms with van der Waals surface area (Å²) in [6, 6.07) is 5.71. The van der Waals surface area contributed by atoms with Crippen molar-refractivity contribution < 1.29 is 14.7 Å². The molecule has 0 radical (unpaired) electrons. The zero-order valence-electron chi connectivity index (χ0n) is 12.7. The second-order valence-corrected chi connectivity index (χ2v) is 6.10. The molecule has 0 aliphatic heterocycles. The van der Waals surface area contributed by atoms with Gasteiger partial charge in [-0.05, 0) is 37.8 Å². The van der Waals surface area contributed by atoms with E-state index in [0.29, 0.717) is 18.4 Å². The Bertz CT molecular complexity index is 525. The van der Waals surface area contributed by atoms with E-state index in [1.54, 1.807) is 0 Å². The number of carbonyl (C=O) groups is 2. The van der Waals surface area contributed by atoms with Crippen molar-refractivity contribution in [1.29, 1.82) is 0 Å². The Balaban J connectivity index is 2.11. The van der Waals surface area contributed by atoms with Gasteiger partial charge in [-0.2, -0.15) is 0 Å². The van der Waals surface area contributed by atoms with Crippen LogP contribution in [0.2, 0.25) is 0 Å². The fourth-order valence-electron chi connectivity index (χ4n) is 3.21. The summed E-state index contributed by atoms with van der Waals surface area (Å²) in [4.78, 5) is 24.0. The highest BCUT2D eigenvalue weighted by Crippen LogP contribution is 2.36. The topological polar surface area (TPSA) is 66.4 Å². The molecule has 0 aromatic heterocycles. The first-order valence-corrected chi connectivity index (χ1v) is 7.54. The Morgan fingerprint density at radius 2 is 1.71 bits per heavy atom. The lowest BCUT2D eigenvalue weighted by Gasteiger charge is -2.33. The molecule has 0 heterocycles. The molecule has 1 aromatic rings. The van der Waals surface area contributed by atoms with Gasteiger partial charge in [0.15, 0.2) is 0 Å². The van der Waals surface area contributed by atoms with Gasteiger partial charge in [-0.1, -0.05) is 37.5 Å². The van der Waals surface area contributed by atoms with E-state index in [1.165, 1.54) is 0 Å². The third kappa shape index (κ3) is 3.26. The van der Waals surface area contributed by atoms with Gasteiger partial charge in [0.05, 0.1) is 5.41 Å². The number of hydrogen-bond donors (Lipinski definition) is 2. The van der Waals surface area contributed by atoms with Crippen molar-refractivity contribution in [2.45, 2.75) is 46.0 Å². The van der Waals surface area contributed by atoms with Crippen molar-refractivity contribution >= 4 is 11.9 Å². The standard InChI is InChI=1S/C17H23NO3/c1-12-7-6-8-13(2)14(12)15(19)18-11-17(16(20)21)9-4-3-5-10-17/h6-8H,3-5,9-11H2,1-2H3,(H,18,19)(H,20,21). The number of carboxylic acid groups (broad SMARTS) is 1. The molecule has 2 rings (SSSR count). The van der Waals surface area contributed by atoms with Crippen LogP contribution in [0.15, 0.2) is 18.2 Å². The Kier molecular flexibility index (Phi) is 4.66. The Labute approximate surface area is 125 Å². The lowest BCUT2D eigenvalue weighted by Crippen LogP contribution is -2.44. The van der Waals surface area contributed by atoms with Crippen molar-refractivity contribution in [3.05, 3.63) is 34.9 Å². The Hall–Kier alpha value is -1.84. The van der Waals surface area contributed by atoms with Gasteiger partial charge < -0.3 is 10.4 Å². The predicted molar refractivity (Wildman–Crippen MR) is 81.4 cm³/mol. The zero-order valence-corrected chi connectivity index (χ0v) is 12.7. The summed E-state index contributed by atoms with van der Waals surface area (Å²) in [6.07, 6.45) is 4.22. The largest absolute Gasteiger partial charge is 0.481 e. The maximum absolute atomic E-state index is 12.4. The number of rotatable bonds is 4. The summed E-state index contributed by atoms with van der Waals surface area (Å²) < 4.78 is 0. The van der Waals surface area contributed by atoms with E-state index in [9.17, 15) is 14.7 Å². The molecule has 1 aliphatic carbocycles. The van der Waals surface area contributed by atoms with Crippen LogP contribution in [0, 0.1) is 19.3 Å². The molecule has 4 nitrogen and oxygen atoms in total. The first-order chi connectivity index (χ1) is 9.96. The highest BCUT2D eigenvalue weighted by Gasteiger charge is 2.39. The van der Waals surface area contributed by atoms with Crippen molar-refractivity contribution in [1.82, 2.24) is 5.32 Å². The van der Waals surface area contributed by atoms with Gasteiger partial charge in [-0.3, -0.25) is 9.59 Å². The summed E-state index contributed by atoms with van der Waals surface area (Å²) in [5, 5.41) is 12.4. The van der Waals surface area contributed by atoms with E-state index in [2.05, 4.69) is 5.32 Å². The zero-order chi connectivity index (χ0) is 15.5. The average molecular weight is 289 g/mol. The number of nitrogens with one attached hydrogen (secondary N) is 1. The van der Waals surface area contributed by atoms with E-state index in [-0.39, 0.29) is 12.5 Å². The van der Waals surface area contributed by atoms with Crippen LogP contribution in [0.3, 0.4) is 0 Å². The van der Waals surface area contributed by atoms with Gasteiger partial charge in [0.25, 0.3) is 5.91 Å². The van der Waals surface area contributed by atoms with Crippen LogP contribution in [0.25, 0.3) is 0 Å². The molecule has 1 aromatic carbocycles. The lowest BCUT2D eigenvalue weighted by molar-refractivity contribution is -0.150. The first-order valence-electron chi connectivity index (χ1n) is 7.54. The number of benzene rings is 1. The molecule has 2 N–H and O–H groups in total. The molecule has 0 saturated heterocycles. The molecule has 4 heteroatoms. The molecule has 0 unspecified atom stereocenters. The van der Waals surface area contributed by atoms with Crippen LogP contribution >= 0.6 is 0 Å². The fraction of sp³-hybridized carbons (Fsp3) is 0.529. The molecule has 1 fully saturated rings. The van der Waals surface area contributed by atoms with Gasteiger partial charge in [-0.15, -0.1) is 0 Å². The van der Waals surface area contributed by atoms with E-state index in [1.807, 2.05) is 32.0 Å². The summed E-state index contributed by atoms with van der Waals surface area (Å²) in [6.45, 7) is 4.01. The number of aliphatic carboxylic acids is 1. The molecule has 0 atom stereocenters. The van der Waals surface area contributed by atoms with Crippen molar-refractivity contribution in [3.8, 4) is 0 Å². The maximum Gasteiger partial charge on any atom is 0.311 e. The highest BCUT2D eigenvalue weighted by molar-refractivity contribution is 5.97. The minimum Gasteiger partial charge on any atom is -0.481 e. The van der Waals surface area contributed by atoms with Crippen molar-refractivity contribution in [2.75, 3.05) is 6.54 Å². The second-order valence-electron chi connectivity index (χ2n) is 6.10. The molecule has 114 valence electrons. The normalized spacial score (nSPS) is 17.2. The van der Waals surface area contributed by atoms with E-state index in [4.69, 9.17) is 0 Å². The number of carboxylic acids is 1. The first kappa shape index (κ1) is 15.5. The molecule has 0 spiro atoms. The molecule has 1 aliphatic rings. The number of amides is 1. The van der Waals surface area contributed by atoms with E-state index < -0.39 is 11.4 Å². The van der Waals surface area contributed by atoms with Crippen LogP contribution in [-0.2, 0) is 4.79 Å². The van der Waals surface area contributed by atoms with Crippen molar-refractivity contribution in [2.24, 2.45) is 5.41 Å².